The predicted octanol–water partition coefficient (Wildman–Crippen LogP) is 4.70. The van der Waals surface area contributed by atoms with Gasteiger partial charge in [-0.05, 0) is 73.3 Å². The Hall–Kier alpha value is -2.61. The van der Waals surface area contributed by atoms with Crippen LogP contribution in [0.25, 0.3) is 0 Å². The summed E-state index contributed by atoms with van der Waals surface area (Å²) < 4.78 is 5.33. The third kappa shape index (κ3) is 8.73. The Kier molecular flexibility index (Phi) is 10.6. The molecule has 208 valence electrons. The van der Waals surface area contributed by atoms with Crippen LogP contribution in [-0.4, -0.2) is 57.7 Å². The first-order valence-electron chi connectivity index (χ1n) is 13.5. The maximum absolute atomic E-state index is 14.1. The van der Waals surface area contributed by atoms with E-state index >= 15 is 0 Å². The molecule has 1 saturated carbocycles. The van der Waals surface area contributed by atoms with Gasteiger partial charge in [-0.1, -0.05) is 55.5 Å². The quantitative estimate of drug-likeness (QED) is 0.440. The van der Waals surface area contributed by atoms with Crippen LogP contribution in [0.15, 0.2) is 18.2 Å². The number of aryl methyl sites for hydroxylation is 2. The van der Waals surface area contributed by atoms with E-state index in [1.165, 1.54) is 4.90 Å². The van der Waals surface area contributed by atoms with Gasteiger partial charge in [0.15, 0.2) is 0 Å². The van der Waals surface area contributed by atoms with Crippen LogP contribution in [0.1, 0.15) is 103 Å². The van der Waals surface area contributed by atoms with E-state index in [0.29, 0.717) is 12.0 Å². The number of benzene rings is 1. The Labute approximate surface area is 222 Å². The number of nitrogens with one attached hydrogen (secondary N) is 2. The highest BCUT2D eigenvalue weighted by molar-refractivity contribution is 5.93. The molecule has 37 heavy (non-hydrogen) atoms. The van der Waals surface area contributed by atoms with Crippen LogP contribution in [0.4, 0.5) is 4.79 Å². The topological polar surface area (TPSA) is 108 Å². The largest absolute Gasteiger partial charge is 0.444 e. The number of amides is 3. The number of nitrogens with zero attached hydrogens (tertiary/aromatic N) is 1. The van der Waals surface area contributed by atoms with Gasteiger partial charge in [0, 0.05) is 11.6 Å². The molecule has 0 aromatic heterocycles. The van der Waals surface area contributed by atoms with Gasteiger partial charge >= 0.3 is 6.09 Å². The monoisotopic (exact) mass is 517 g/mol. The minimum atomic E-state index is -1.27. The first-order chi connectivity index (χ1) is 17.2. The minimum absolute atomic E-state index is 0.0601. The van der Waals surface area contributed by atoms with Crippen molar-refractivity contribution in [1.29, 1.82) is 0 Å². The minimum Gasteiger partial charge on any atom is -0.444 e. The number of rotatable bonds is 9. The van der Waals surface area contributed by atoms with Crippen molar-refractivity contribution < 1.29 is 24.2 Å². The molecule has 0 radical (unpaired) electrons. The second-order valence-electron chi connectivity index (χ2n) is 11.9. The summed E-state index contributed by atoms with van der Waals surface area (Å²) in [4.78, 5) is 42.1. The molecule has 0 saturated heterocycles. The van der Waals surface area contributed by atoms with Crippen LogP contribution in [0.5, 0.6) is 0 Å². The fourth-order valence-corrected chi connectivity index (χ4v) is 4.86. The molecule has 0 aliphatic heterocycles. The summed E-state index contributed by atoms with van der Waals surface area (Å²) in [5.74, 6) is -0.788. The zero-order valence-corrected chi connectivity index (χ0v) is 23.9. The summed E-state index contributed by atoms with van der Waals surface area (Å²) in [5.41, 5.74) is 1.15. The summed E-state index contributed by atoms with van der Waals surface area (Å²) >= 11 is 0. The fraction of sp³-hybridized carbons (Fsp3) is 0.690. The van der Waals surface area contributed by atoms with Gasteiger partial charge in [0.25, 0.3) is 0 Å². The number of ether oxygens (including phenoxy) is 1. The summed E-state index contributed by atoms with van der Waals surface area (Å²) in [6, 6.07) is 3.75. The molecule has 8 heteroatoms. The molecule has 1 aromatic carbocycles. The molecular formula is C29H47N3O5. The number of carbonyl (C=O) groups is 3. The molecule has 1 aromatic rings. The van der Waals surface area contributed by atoms with Crippen LogP contribution in [0.3, 0.4) is 0 Å². The second-order valence-corrected chi connectivity index (χ2v) is 11.9. The Morgan fingerprint density at radius 2 is 1.59 bits per heavy atom. The average Bonchev–Trinajstić information content (AvgIpc) is 2.79. The molecule has 0 heterocycles. The first kappa shape index (κ1) is 30.6. The molecule has 0 spiro atoms. The predicted molar refractivity (Wildman–Crippen MR) is 145 cm³/mol. The van der Waals surface area contributed by atoms with Crippen molar-refractivity contribution in [1.82, 2.24) is 15.5 Å². The molecular weight excluding hydrogens is 470 g/mol. The van der Waals surface area contributed by atoms with Gasteiger partial charge in [-0.15, -0.1) is 0 Å². The van der Waals surface area contributed by atoms with E-state index in [1.807, 2.05) is 52.8 Å². The van der Waals surface area contributed by atoms with Crippen LogP contribution >= 0.6 is 0 Å². The van der Waals surface area contributed by atoms with Crippen molar-refractivity contribution in [3.05, 3.63) is 34.9 Å². The van der Waals surface area contributed by atoms with Crippen molar-refractivity contribution in [2.45, 2.75) is 123 Å². The van der Waals surface area contributed by atoms with E-state index in [2.05, 4.69) is 10.6 Å². The van der Waals surface area contributed by atoms with Crippen molar-refractivity contribution in [2.75, 3.05) is 6.61 Å². The zero-order valence-electron chi connectivity index (χ0n) is 23.9. The van der Waals surface area contributed by atoms with Gasteiger partial charge < -0.3 is 25.4 Å². The van der Waals surface area contributed by atoms with Crippen LogP contribution in [0, 0.1) is 13.8 Å². The normalized spacial score (nSPS) is 16.5. The fourth-order valence-electron chi connectivity index (χ4n) is 4.86. The highest BCUT2D eigenvalue weighted by Crippen LogP contribution is 2.33. The molecule has 1 aliphatic rings. The Morgan fingerprint density at radius 3 is 2.08 bits per heavy atom. The lowest BCUT2D eigenvalue weighted by Crippen LogP contribution is -2.60. The summed E-state index contributed by atoms with van der Waals surface area (Å²) in [7, 11) is 0. The molecule has 1 fully saturated rings. The SMILES string of the molecule is CCC(C)(C)N(C(=O)C(CO)NC(=O)OC(C)(C)C)C(C(=O)NC1CCCCC1)c1cc(C)cc(C)c1. The van der Waals surface area contributed by atoms with Crippen LogP contribution in [0.2, 0.25) is 0 Å². The van der Waals surface area contributed by atoms with Gasteiger partial charge in [-0.3, -0.25) is 9.59 Å². The smallest absolute Gasteiger partial charge is 0.408 e. The van der Waals surface area contributed by atoms with E-state index in [-0.39, 0.29) is 11.9 Å². The van der Waals surface area contributed by atoms with Gasteiger partial charge in [0.05, 0.1) is 6.61 Å². The molecule has 3 N–H and O–H groups in total. The number of carbonyl (C=O) groups excluding carboxylic acids is 3. The summed E-state index contributed by atoms with van der Waals surface area (Å²) in [6.45, 7) is 14.2. The van der Waals surface area contributed by atoms with Crippen molar-refractivity contribution in [3.8, 4) is 0 Å². The number of alkyl carbamates (subject to hydrolysis) is 1. The van der Waals surface area contributed by atoms with E-state index < -0.39 is 41.8 Å². The summed E-state index contributed by atoms with van der Waals surface area (Å²) in [5, 5.41) is 15.9. The lowest BCUT2D eigenvalue weighted by molar-refractivity contribution is -0.150. The molecule has 2 atom stereocenters. The van der Waals surface area contributed by atoms with E-state index in [1.54, 1.807) is 20.8 Å². The van der Waals surface area contributed by atoms with Crippen molar-refractivity contribution in [3.63, 3.8) is 0 Å². The van der Waals surface area contributed by atoms with Crippen LogP contribution in [-0.2, 0) is 14.3 Å². The molecule has 2 unspecified atom stereocenters. The number of hydrogen-bond donors (Lipinski definition) is 3. The Bertz CT molecular complexity index is 927. The lowest BCUT2D eigenvalue weighted by Gasteiger charge is -2.45. The lowest BCUT2D eigenvalue weighted by atomic mass is 9.90. The first-order valence-corrected chi connectivity index (χ1v) is 13.5. The number of aliphatic hydroxyl groups is 1. The van der Waals surface area contributed by atoms with Crippen LogP contribution < -0.4 is 10.6 Å². The molecule has 3 amide bonds. The molecule has 2 rings (SSSR count). The third-order valence-electron chi connectivity index (χ3n) is 6.94. The zero-order chi connectivity index (χ0) is 28.0. The number of hydrogen-bond acceptors (Lipinski definition) is 5. The van der Waals surface area contributed by atoms with E-state index in [9.17, 15) is 19.5 Å². The molecule has 8 nitrogen and oxygen atoms in total. The maximum Gasteiger partial charge on any atom is 0.408 e. The Morgan fingerprint density at radius 1 is 1.03 bits per heavy atom. The number of aliphatic hydroxyl groups excluding tert-OH is 1. The van der Waals surface area contributed by atoms with E-state index in [0.717, 1.165) is 43.2 Å². The van der Waals surface area contributed by atoms with Gasteiger partial charge in [-0.25, -0.2) is 4.79 Å². The second kappa shape index (κ2) is 12.8. The third-order valence-corrected chi connectivity index (χ3v) is 6.94. The average molecular weight is 518 g/mol. The highest BCUT2D eigenvalue weighted by Gasteiger charge is 2.43. The molecule has 1 aliphatic carbocycles. The molecule has 0 bridgehead atoms. The van der Waals surface area contributed by atoms with Gasteiger partial charge in [0.1, 0.15) is 17.7 Å². The maximum atomic E-state index is 14.1. The van der Waals surface area contributed by atoms with Gasteiger partial charge in [0.2, 0.25) is 11.8 Å². The van der Waals surface area contributed by atoms with Crippen molar-refractivity contribution in [2.24, 2.45) is 0 Å². The van der Waals surface area contributed by atoms with Gasteiger partial charge in [-0.2, -0.15) is 0 Å². The summed E-state index contributed by atoms with van der Waals surface area (Å²) in [6.07, 6.45) is 4.87. The van der Waals surface area contributed by atoms with E-state index in [4.69, 9.17) is 4.74 Å². The standard InChI is InChI=1S/C29H47N3O5/c1-9-29(7,8)32(26(35)23(18-33)31-27(36)37-28(4,5)6)24(21-16-19(2)15-20(3)17-21)25(34)30-22-13-11-10-12-14-22/h15-17,22-24,33H,9-14,18H2,1-8H3,(H,30,34)(H,31,36). The Balaban J connectivity index is 2.55. The van der Waals surface area contributed by atoms with Crippen molar-refractivity contribution >= 4 is 17.9 Å². The highest BCUT2D eigenvalue weighted by atomic mass is 16.6.